The van der Waals surface area contributed by atoms with Crippen LogP contribution in [0.4, 0.5) is 0 Å². The Morgan fingerprint density at radius 2 is 2.00 bits per heavy atom. The quantitative estimate of drug-likeness (QED) is 0.754. The summed E-state index contributed by atoms with van der Waals surface area (Å²) < 4.78 is 0. The number of rotatable bonds is 6. The largest absolute Gasteiger partial charge is 0.340 e. The van der Waals surface area contributed by atoms with Gasteiger partial charge in [0.2, 0.25) is 5.91 Å². The molecule has 0 aromatic rings. The fourth-order valence-corrected chi connectivity index (χ4v) is 1.75. The Balaban J connectivity index is 2.40. The van der Waals surface area contributed by atoms with Crippen molar-refractivity contribution >= 4 is 5.91 Å². The van der Waals surface area contributed by atoms with Gasteiger partial charge in [-0.15, -0.1) is 0 Å². The summed E-state index contributed by atoms with van der Waals surface area (Å²) in [5, 5.41) is 0. The summed E-state index contributed by atoms with van der Waals surface area (Å²) in [6.45, 7) is 9.07. The molecular formula is C13H26N2O. The van der Waals surface area contributed by atoms with Gasteiger partial charge < -0.3 is 10.6 Å². The maximum atomic E-state index is 12.1. The molecule has 1 fully saturated rings. The standard InChI is InChI=1S/C13H26N2O/c1-10(2)15(9-11-5-6-11)12(16)7-8-13(3,4)14/h10-11H,5-9,14H2,1-4H3. The average Bonchev–Trinajstić information content (AvgIpc) is 2.92. The molecule has 0 heterocycles. The van der Waals surface area contributed by atoms with Crippen molar-refractivity contribution in [3.05, 3.63) is 0 Å². The molecule has 0 aliphatic heterocycles. The van der Waals surface area contributed by atoms with Gasteiger partial charge in [-0.25, -0.2) is 0 Å². The van der Waals surface area contributed by atoms with E-state index in [0.29, 0.717) is 12.5 Å². The van der Waals surface area contributed by atoms with Gasteiger partial charge in [0.05, 0.1) is 0 Å². The van der Waals surface area contributed by atoms with Gasteiger partial charge in [-0.3, -0.25) is 4.79 Å². The van der Waals surface area contributed by atoms with E-state index in [2.05, 4.69) is 13.8 Å². The second-order valence-electron chi connectivity index (χ2n) is 6.07. The minimum atomic E-state index is -0.238. The Hall–Kier alpha value is -0.570. The van der Waals surface area contributed by atoms with E-state index in [1.54, 1.807) is 0 Å². The van der Waals surface area contributed by atoms with Crippen LogP contribution >= 0.6 is 0 Å². The van der Waals surface area contributed by atoms with Crippen molar-refractivity contribution in [2.24, 2.45) is 11.7 Å². The monoisotopic (exact) mass is 226 g/mol. The van der Waals surface area contributed by atoms with E-state index in [1.807, 2.05) is 18.7 Å². The van der Waals surface area contributed by atoms with Crippen LogP contribution in [0.1, 0.15) is 53.4 Å². The van der Waals surface area contributed by atoms with Crippen LogP contribution in [0, 0.1) is 5.92 Å². The molecule has 0 unspecified atom stereocenters. The Morgan fingerprint density at radius 1 is 1.44 bits per heavy atom. The molecule has 1 rings (SSSR count). The van der Waals surface area contributed by atoms with Crippen LogP contribution in [0.3, 0.4) is 0 Å². The fourth-order valence-electron chi connectivity index (χ4n) is 1.75. The summed E-state index contributed by atoms with van der Waals surface area (Å²) in [5.74, 6) is 1.03. The summed E-state index contributed by atoms with van der Waals surface area (Å²) in [5.41, 5.74) is 5.66. The first kappa shape index (κ1) is 13.5. The van der Waals surface area contributed by atoms with E-state index in [9.17, 15) is 4.79 Å². The van der Waals surface area contributed by atoms with E-state index in [0.717, 1.165) is 18.9 Å². The van der Waals surface area contributed by atoms with Crippen LogP contribution in [0.25, 0.3) is 0 Å². The van der Waals surface area contributed by atoms with Gasteiger partial charge in [0.25, 0.3) is 0 Å². The van der Waals surface area contributed by atoms with E-state index < -0.39 is 0 Å². The van der Waals surface area contributed by atoms with E-state index in [4.69, 9.17) is 5.73 Å². The molecule has 1 aliphatic rings. The van der Waals surface area contributed by atoms with Gasteiger partial charge in [-0.1, -0.05) is 0 Å². The number of nitrogens with two attached hydrogens (primary N) is 1. The normalized spacial score (nSPS) is 16.6. The summed E-state index contributed by atoms with van der Waals surface area (Å²) in [6, 6.07) is 0.314. The smallest absolute Gasteiger partial charge is 0.222 e. The molecule has 0 atom stereocenters. The molecule has 94 valence electrons. The molecule has 0 aromatic carbocycles. The van der Waals surface area contributed by atoms with Crippen molar-refractivity contribution in [2.75, 3.05) is 6.54 Å². The predicted octanol–water partition coefficient (Wildman–Crippen LogP) is 2.15. The summed E-state index contributed by atoms with van der Waals surface area (Å²) in [4.78, 5) is 14.1. The van der Waals surface area contributed by atoms with Crippen molar-refractivity contribution in [1.29, 1.82) is 0 Å². The van der Waals surface area contributed by atoms with Gasteiger partial charge in [0, 0.05) is 24.5 Å². The summed E-state index contributed by atoms with van der Waals surface area (Å²) in [7, 11) is 0. The molecule has 0 bridgehead atoms. The molecule has 3 nitrogen and oxygen atoms in total. The molecule has 3 heteroatoms. The topological polar surface area (TPSA) is 46.3 Å². The second kappa shape index (κ2) is 5.17. The highest BCUT2D eigenvalue weighted by Gasteiger charge is 2.28. The SMILES string of the molecule is CC(C)N(CC1CC1)C(=O)CCC(C)(C)N. The fraction of sp³-hybridized carbons (Fsp3) is 0.923. The van der Waals surface area contributed by atoms with Crippen LogP contribution in [0.5, 0.6) is 0 Å². The zero-order valence-electron chi connectivity index (χ0n) is 11.1. The van der Waals surface area contributed by atoms with E-state index >= 15 is 0 Å². The van der Waals surface area contributed by atoms with Crippen LogP contribution < -0.4 is 5.73 Å². The Bertz CT molecular complexity index is 239. The van der Waals surface area contributed by atoms with Crippen LogP contribution in [0.2, 0.25) is 0 Å². The number of hydrogen-bond donors (Lipinski definition) is 1. The third-order valence-electron chi connectivity index (χ3n) is 3.08. The highest BCUT2D eigenvalue weighted by molar-refractivity contribution is 5.76. The van der Waals surface area contributed by atoms with Crippen molar-refractivity contribution in [2.45, 2.75) is 65.0 Å². The van der Waals surface area contributed by atoms with Gasteiger partial charge in [0.15, 0.2) is 0 Å². The molecule has 1 aliphatic carbocycles. The lowest BCUT2D eigenvalue weighted by Crippen LogP contribution is -2.40. The Labute approximate surface area is 99.4 Å². The first-order chi connectivity index (χ1) is 7.29. The van der Waals surface area contributed by atoms with Gasteiger partial charge in [-0.05, 0) is 52.9 Å². The number of amides is 1. The Morgan fingerprint density at radius 3 is 2.38 bits per heavy atom. The van der Waals surface area contributed by atoms with Crippen LogP contribution in [0.15, 0.2) is 0 Å². The molecule has 0 radical (unpaired) electrons. The average molecular weight is 226 g/mol. The van der Waals surface area contributed by atoms with Gasteiger partial charge >= 0.3 is 0 Å². The number of hydrogen-bond acceptors (Lipinski definition) is 2. The van der Waals surface area contributed by atoms with Crippen LogP contribution in [-0.4, -0.2) is 28.9 Å². The lowest BCUT2D eigenvalue weighted by molar-refractivity contribution is -0.133. The third kappa shape index (κ3) is 4.97. The maximum Gasteiger partial charge on any atom is 0.222 e. The third-order valence-corrected chi connectivity index (χ3v) is 3.08. The lowest BCUT2D eigenvalue weighted by atomic mass is 9.99. The molecule has 1 saturated carbocycles. The highest BCUT2D eigenvalue weighted by atomic mass is 16.2. The van der Waals surface area contributed by atoms with Crippen molar-refractivity contribution in [1.82, 2.24) is 4.90 Å². The molecular weight excluding hydrogens is 200 g/mol. The van der Waals surface area contributed by atoms with Gasteiger partial charge in [-0.2, -0.15) is 0 Å². The molecule has 2 N–H and O–H groups in total. The van der Waals surface area contributed by atoms with Crippen LogP contribution in [-0.2, 0) is 4.79 Å². The zero-order valence-corrected chi connectivity index (χ0v) is 11.1. The molecule has 16 heavy (non-hydrogen) atoms. The first-order valence-corrected chi connectivity index (χ1v) is 6.38. The number of carbonyl (C=O) groups excluding carboxylic acids is 1. The first-order valence-electron chi connectivity index (χ1n) is 6.38. The van der Waals surface area contributed by atoms with Crippen molar-refractivity contribution in [3.63, 3.8) is 0 Å². The second-order valence-corrected chi connectivity index (χ2v) is 6.07. The molecule has 0 saturated heterocycles. The van der Waals surface area contributed by atoms with Gasteiger partial charge in [0.1, 0.15) is 0 Å². The van der Waals surface area contributed by atoms with E-state index in [-0.39, 0.29) is 11.4 Å². The summed E-state index contributed by atoms with van der Waals surface area (Å²) >= 11 is 0. The summed E-state index contributed by atoms with van der Waals surface area (Å²) in [6.07, 6.45) is 3.92. The van der Waals surface area contributed by atoms with Crippen molar-refractivity contribution < 1.29 is 4.79 Å². The zero-order chi connectivity index (χ0) is 12.3. The molecule has 0 spiro atoms. The lowest BCUT2D eigenvalue weighted by Gasteiger charge is -2.28. The molecule has 1 amide bonds. The van der Waals surface area contributed by atoms with E-state index in [1.165, 1.54) is 12.8 Å². The maximum absolute atomic E-state index is 12.1. The number of nitrogens with zero attached hydrogens (tertiary/aromatic N) is 1. The van der Waals surface area contributed by atoms with Crippen molar-refractivity contribution in [3.8, 4) is 0 Å². The molecule has 0 aromatic heterocycles. The minimum absolute atomic E-state index is 0.238. The number of carbonyl (C=O) groups is 1. The predicted molar refractivity (Wildman–Crippen MR) is 67.1 cm³/mol. The Kier molecular flexibility index (Phi) is 4.36. The highest BCUT2D eigenvalue weighted by Crippen LogP contribution is 2.30. The minimum Gasteiger partial charge on any atom is -0.340 e.